The molecule has 2 aromatic rings. The van der Waals surface area contributed by atoms with Gasteiger partial charge < -0.3 is 10.2 Å². The van der Waals surface area contributed by atoms with Gasteiger partial charge in [-0.3, -0.25) is 0 Å². The number of aryl methyl sites for hydroxylation is 2. The van der Waals surface area contributed by atoms with Crippen LogP contribution in [0.5, 0.6) is 0 Å². The van der Waals surface area contributed by atoms with Gasteiger partial charge in [-0.2, -0.15) is 0 Å². The van der Waals surface area contributed by atoms with Gasteiger partial charge in [0.25, 0.3) is 0 Å². The summed E-state index contributed by atoms with van der Waals surface area (Å²) in [5.74, 6) is 0. The molecule has 1 unspecified atom stereocenters. The van der Waals surface area contributed by atoms with Gasteiger partial charge in [0.1, 0.15) is 0 Å². The van der Waals surface area contributed by atoms with Crippen molar-refractivity contribution in [1.29, 1.82) is 0 Å². The van der Waals surface area contributed by atoms with Crippen LogP contribution < -0.4 is 10.5 Å². The minimum atomic E-state index is -3.84. The van der Waals surface area contributed by atoms with Gasteiger partial charge in [-0.05, 0) is 67.9 Å². The highest BCUT2D eigenvalue weighted by atomic mass is 32.2. The number of hydrogen-bond donors (Lipinski definition) is 2. The first kappa shape index (κ1) is 19.0. The lowest BCUT2D eigenvalue weighted by Gasteiger charge is -2.36. The molecule has 148 valence electrons. The smallest absolute Gasteiger partial charge is 0.315 e. The zero-order valence-corrected chi connectivity index (χ0v) is 16.7. The van der Waals surface area contributed by atoms with Gasteiger partial charge in [0.15, 0.2) is 0 Å². The standard InChI is InChI=1S/C21H25N3O3S/c1-14-9-10-16(13-20(14)28(22,26)27)23-21(25)24(17-11-12-17)19-8-4-6-15-5-2-3-7-18(15)19/h2-3,5,7,9-10,13,17,19H,4,6,8,11-12H2,1H3,(H,23,25)(H2,22,26,27). The molecule has 2 aliphatic rings. The number of urea groups is 1. The molecule has 0 aromatic heterocycles. The predicted molar refractivity (Wildman–Crippen MR) is 109 cm³/mol. The molecule has 28 heavy (non-hydrogen) atoms. The van der Waals surface area contributed by atoms with E-state index in [1.807, 2.05) is 17.0 Å². The number of nitrogens with two attached hydrogens (primary N) is 1. The monoisotopic (exact) mass is 399 g/mol. The Morgan fingerprint density at radius 2 is 1.89 bits per heavy atom. The van der Waals surface area contributed by atoms with Gasteiger partial charge in [-0.15, -0.1) is 0 Å². The van der Waals surface area contributed by atoms with Crippen LogP contribution in [-0.4, -0.2) is 25.4 Å². The Bertz CT molecular complexity index is 1020. The molecule has 3 N–H and O–H groups in total. The third-order valence-electron chi connectivity index (χ3n) is 5.59. The van der Waals surface area contributed by atoms with E-state index in [1.165, 1.54) is 17.2 Å². The topological polar surface area (TPSA) is 92.5 Å². The number of carbonyl (C=O) groups excluding carboxylic acids is 1. The summed E-state index contributed by atoms with van der Waals surface area (Å²) >= 11 is 0. The van der Waals surface area contributed by atoms with E-state index in [0.29, 0.717) is 11.3 Å². The average molecular weight is 400 g/mol. The van der Waals surface area contributed by atoms with Crippen molar-refractivity contribution in [1.82, 2.24) is 4.90 Å². The summed E-state index contributed by atoms with van der Waals surface area (Å²) in [4.78, 5) is 15.2. The Kier molecular flexibility index (Phi) is 4.89. The number of rotatable bonds is 4. The van der Waals surface area contributed by atoms with Crippen molar-refractivity contribution in [2.75, 3.05) is 5.32 Å². The maximum absolute atomic E-state index is 13.2. The first-order valence-corrected chi connectivity index (χ1v) is 11.2. The summed E-state index contributed by atoms with van der Waals surface area (Å²) in [6, 6.07) is 13.2. The third-order valence-corrected chi connectivity index (χ3v) is 6.65. The number of nitrogens with one attached hydrogen (secondary N) is 1. The second-order valence-corrected chi connectivity index (χ2v) is 9.23. The molecule has 0 bridgehead atoms. The van der Waals surface area contributed by atoms with E-state index in [1.54, 1.807) is 19.1 Å². The molecule has 2 aromatic carbocycles. The van der Waals surface area contributed by atoms with Crippen LogP contribution >= 0.6 is 0 Å². The van der Waals surface area contributed by atoms with Gasteiger partial charge >= 0.3 is 6.03 Å². The normalized spacial score (nSPS) is 19.0. The fourth-order valence-electron chi connectivity index (χ4n) is 4.10. The van der Waals surface area contributed by atoms with Crippen LogP contribution in [0.1, 0.15) is 48.4 Å². The van der Waals surface area contributed by atoms with Crippen LogP contribution in [0.2, 0.25) is 0 Å². The Balaban J connectivity index is 1.62. The highest BCUT2D eigenvalue weighted by Gasteiger charge is 2.39. The average Bonchev–Trinajstić information content (AvgIpc) is 3.48. The van der Waals surface area contributed by atoms with Crippen molar-refractivity contribution in [3.63, 3.8) is 0 Å². The van der Waals surface area contributed by atoms with Crippen molar-refractivity contribution < 1.29 is 13.2 Å². The van der Waals surface area contributed by atoms with Gasteiger partial charge in [-0.25, -0.2) is 18.4 Å². The first-order valence-electron chi connectivity index (χ1n) is 9.65. The zero-order valence-electron chi connectivity index (χ0n) is 15.9. The molecule has 2 amide bonds. The van der Waals surface area contributed by atoms with E-state index in [0.717, 1.165) is 32.1 Å². The Labute approximate surface area is 165 Å². The molecule has 1 fully saturated rings. The summed E-state index contributed by atoms with van der Waals surface area (Å²) in [6.07, 6.45) is 5.04. The molecule has 4 rings (SSSR count). The number of primary sulfonamides is 1. The molecule has 0 spiro atoms. The summed E-state index contributed by atoms with van der Waals surface area (Å²) in [5, 5.41) is 8.19. The van der Waals surface area contributed by atoms with Crippen LogP contribution in [0.25, 0.3) is 0 Å². The molecule has 1 saturated carbocycles. The van der Waals surface area contributed by atoms with Gasteiger partial charge in [0.05, 0.1) is 10.9 Å². The maximum atomic E-state index is 13.2. The molecular formula is C21H25N3O3S. The number of fused-ring (bicyclic) bond motifs is 1. The molecule has 0 saturated heterocycles. The largest absolute Gasteiger partial charge is 0.322 e. The van der Waals surface area contributed by atoms with Crippen LogP contribution in [0, 0.1) is 6.92 Å². The number of sulfonamides is 1. The SMILES string of the molecule is Cc1ccc(NC(=O)N(C2CC2)C2CCCc3ccccc32)cc1S(N)(=O)=O. The minimum Gasteiger partial charge on any atom is -0.315 e. The Hall–Kier alpha value is -2.38. The zero-order chi connectivity index (χ0) is 19.9. The highest BCUT2D eigenvalue weighted by Crippen LogP contribution is 2.41. The lowest BCUT2D eigenvalue weighted by atomic mass is 9.87. The second-order valence-electron chi connectivity index (χ2n) is 7.70. The number of amides is 2. The maximum Gasteiger partial charge on any atom is 0.322 e. The van der Waals surface area contributed by atoms with E-state index in [-0.39, 0.29) is 23.0 Å². The Morgan fingerprint density at radius 3 is 2.61 bits per heavy atom. The van der Waals surface area contributed by atoms with E-state index in [9.17, 15) is 13.2 Å². The third kappa shape index (κ3) is 3.77. The fourth-order valence-corrected chi connectivity index (χ4v) is 4.91. The summed E-state index contributed by atoms with van der Waals surface area (Å²) in [5.41, 5.74) is 3.53. The molecule has 0 heterocycles. The van der Waals surface area contributed by atoms with Crippen molar-refractivity contribution in [3.8, 4) is 0 Å². The number of hydrogen-bond acceptors (Lipinski definition) is 3. The first-order chi connectivity index (χ1) is 13.3. The minimum absolute atomic E-state index is 0.0336. The van der Waals surface area contributed by atoms with E-state index in [4.69, 9.17) is 5.14 Å². The Morgan fingerprint density at radius 1 is 1.14 bits per heavy atom. The van der Waals surface area contributed by atoms with Gasteiger partial charge in [0.2, 0.25) is 10.0 Å². The van der Waals surface area contributed by atoms with Crippen molar-refractivity contribution in [2.45, 2.75) is 56.0 Å². The predicted octanol–water partition coefficient (Wildman–Crippen LogP) is 3.72. The molecule has 7 heteroatoms. The van der Waals surface area contributed by atoms with Crippen LogP contribution in [-0.2, 0) is 16.4 Å². The highest BCUT2D eigenvalue weighted by molar-refractivity contribution is 7.89. The summed E-state index contributed by atoms with van der Waals surface area (Å²) in [6.45, 7) is 1.68. The van der Waals surface area contributed by atoms with Gasteiger partial charge in [-0.1, -0.05) is 30.3 Å². The molecule has 1 atom stereocenters. The van der Waals surface area contributed by atoms with Crippen molar-refractivity contribution >= 4 is 21.7 Å². The fraction of sp³-hybridized carbons (Fsp3) is 0.381. The van der Waals surface area contributed by atoms with E-state index < -0.39 is 10.0 Å². The summed E-state index contributed by atoms with van der Waals surface area (Å²) in [7, 11) is -3.84. The quantitative estimate of drug-likeness (QED) is 0.821. The lowest BCUT2D eigenvalue weighted by Crippen LogP contribution is -2.41. The molecule has 0 aliphatic heterocycles. The van der Waals surface area contributed by atoms with Crippen LogP contribution in [0.4, 0.5) is 10.5 Å². The van der Waals surface area contributed by atoms with Crippen molar-refractivity contribution in [2.24, 2.45) is 5.14 Å². The number of anilines is 1. The molecule has 2 aliphatic carbocycles. The summed E-state index contributed by atoms with van der Waals surface area (Å²) < 4.78 is 23.6. The second kappa shape index (κ2) is 7.22. The van der Waals surface area contributed by atoms with Crippen molar-refractivity contribution in [3.05, 3.63) is 59.2 Å². The lowest BCUT2D eigenvalue weighted by molar-refractivity contribution is 0.175. The van der Waals surface area contributed by atoms with E-state index in [2.05, 4.69) is 17.4 Å². The van der Waals surface area contributed by atoms with E-state index >= 15 is 0 Å². The number of nitrogens with zero attached hydrogens (tertiary/aromatic N) is 1. The number of benzene rings is 2. The molecule has 0 radical (unpaired) electrons. The number of carbonyl (C=O) groups is 1. The van der Waals surface area contributed by atoms with Gasteiger partial charge in [0, 0.05) is 11.7 Å². The molecule has 6 nitrogen and oxygen atoms in total. The van der Waals surface area contributed by atoms with Crippen LogP contribution in [0.3, 0.4) is 0 Å². The van der Waals surface area contributed by atoms with Crippen LogP contribution in [0.15, 0.2) is 47.4 Å². The molecular weight excluding hydrogens is 374 g/mol.